The Morgan fingerprint density at radius 3 is 2.60 bits per heavy atom. The molecule has 25 heavy (non-hydrogen) atoms. The van der Waals surface area contributed by atoms with Crippen molar-refractivity contribution in [1.82, 2.24) is 0 Å². The minimum absolute atomic E-state index is 0.0923. The fourth-order valence-corrected chi connectivity index (χ4v) is 2.79. The number of hydrogen-bond donors (Lipinski definition) is 2. The van der Waals surface area contributed by atoms with Gasteiger partial charge in [0.1, 0.15) is 0 Å². The zero-order valence-corrected chi connectivity index (χ0v) is 14.9. The van der Waals surface area contributed by atoms with Crippen molar-refractivity contribution in [2.24, 2.45) is 5.92 Å². The molecule has 5 heteroatoms. The van der Waals surface area contributed by atoms with Crippen molar-refractivity contribution in [1.29, 1.82) is 0 Å². The van der Waals surface area contributed by atoms with Crippen LogP contribution in [0.4, 0.5) is 0 Å². The summed E-state index contributed by atoms with van der Waals surface area (Å²) in [5, 5.41) is 20.0. The van der Waals surface area contributed by atoms with E-state index in [1.54, 1.807) is 0 Å². The summed E-state index contributed by atoms with van der Waals surface area (Å²) in [5.74, 6) is -0.792. The van der Waals surface area contributed by atoms with Gasteiger partial charge in [-0.2, -0.15) is 0 Å². The molecular weight excluding hydrogens is 315 g/mol. The van der Waals surface area contributed by atoms with Crippen LogP contribution in [0.1, 0.15) is 49.0 Å². The normalized spacial score (nSPS) is 21.9. The van der Waals surface area contributed by atoms with Crippen molar-refractivity contribution in [3.8, 4) is 11.5 Å². The molecule has 2 rings (SSSR count). The second kappa shape index (κ2) is 8.70. The van der Waals surface area contributed by atoms with E-state index >= 15 is 0 Å². The maximum absolute atomic E-state index is 12.7. The Bertz CT molecular complexity index is 704. The first kappa shape index (κ1) is 19.0. The van der Waals surface area contributed by atoms with Crippen LogP contribution < -0.4 is 0 Å². The zero-order valence-electron chi connectivity index (χ0n) is 14.9. The van der Waals surface area contributed by atoms with Gasteiger partial charge in [-0.1, -0.05) is 0 Å². The molecule has 1 atom stereocenters. The summed E-state index contributed by atoms with van der Waals surface area (Å²) in [6, 6.07) is 2.64. The topological polar surface area (TPSA) is 66.8 Å². The van der Waals surface area contributed by atoms with E-state index in [9.17, 15) is 15.0 Å². The van der Waals surface area contributed by atoms with Crippen molar-refractivity contribution in [2.45, 2.75) is 45.6 Å². The van der Waals surface area contributed by atoms with E-state index in [-0.39, 0.29) is 29.1 Å². The van der Waals surface area contributed by atoms with Gasteiger partial charge in [0.25, 0.3) is 0 Å². The molecule has 0 bridgehead atoms. The summed E-state index contributed by atoms with van der Waals surface area (Å²) in [4.78, 5) is 12.7. The van der Waals surface area contributed by atoms with Gasteiger partial charge >= 0.3 is 149 Å². The molecule has 1 aliphatic rings. The number of cyclic esters (lactones) is 1. The second-order valence-electron chi connectivity index (χ2n) is 6.71. The Balaban J connectivity index is 2.43. The van der Waals surface area contributed by atoms with Crippen LogP contribution in [0.2, 0.25) is 0 Å². The fraction of sp³-hybridized carbons (Fsp3) is 0.400. The number of benzene rings is 1. The Morgan fingerprint density at radius 2 is 1.88 bits per heavy atom. The summed E-state index contributed by atoms with van der Waals surface area (Å²) >= 11 is 0. The van der Waals surface area contributed by atoms with Gasteiger partial charge in [-0.3, -0.25) is 0 Å². The maximum atomic E-state index is 12.7. The Morgan fingerprint density at radius 1 is 1.16 bits per heavy atom. The predicted octanol–water partition coefficient (Wildman–Crippen LogP) is 3.19. The van der Waals surface area contributed by atoms with Crippen molar-refractivity contribution >= 4 is 18.9 Å². The van der Waals surface area contributed by atoms with Gasteiger partial charge in [-0.25, -0.2) is 0 Å². The van der Waals surface area contributed by atoms with E-state index in [1.165, 1.54) is 6.07 Å². The first-order valence-electron chi connectivity index (χ1n) is 8.63. The number of hydrogen-bond acceptors (Lipinski definition) is 4. The Kier molecular flexibility index (Phi) is 6.62. The molecule has 0 saturated heterocycles. The van der Waals surface area contributed by atoms with Crippen LogP contribution in [-0.2, 0) is 11.2 Å². The molecule has 0 amide bonds. The number of carbonyl (C=O) groups is 1. The molecule has 0 fully saturated rings. The van der Waals surface area contributed by atoms with Crippen molar-refractivity contribution < 1.29 is 19.7 Å². The Labute approximate surface area is 149 Å². The van der Waals surface area contributed by atoms with Gasteiger partial charge in [-0.15, -0.1) is 0 Å². The summed E-state index contributed by atoms with van der Waals surface area (Å²) < 4.78 is 5.66. The molecule has 2 N–H and O–H groups in total. The average Bonchev–Trinajstić information content (AvgIpc) is 2.51. The van der Waals surface area contributed by atoms with Crippen LogP contribution >= 0.6 is 0 Å². The summed E-state index contributed by atoms with van der Waals surface area (Å²) in [7, 11) is 3.99. The number of aromatic hydroxyl groups is 2. The fourth-order valence-electron chi connectivity index (χ4n) is 2.79. The predicted molar refractivity (Wildman–Crippen MR) is 102 cm³/mol. The third kappa shape index (κ3) is 5.35. The molecule has 0 radical (unpaired) electrons. The van der Waals surface area contributed by atoms with Crippen LogP contribution in [0, 0.1) is 5.92 Å². The van der Waals surface area contributed by atoms with E-state index in [0.29, 0.717) is 18.4 Å². The third-order valence-electron chi connectivity index (χ3n) is 4.20. The zero-order chi connectivity index (χ0) is 18.4. The molecule has 4 nitrogen and oxygen atoms in total. The van der Waals surface area contributed by atoms with E-state index in [0.717, 1.165) is 24.4 Å². The van der Waals surface area contributed by atoms with Gasteiger partial charge in [0, 0.05) is 0 Å². The van der Waals surface area contributed by atoms with Crippen molar-refractivity contribution in [2.75, 3.05) is 0 Å². The molecule has 0 aliphatic carbocycles. The number of phenolic OH excluding ortho intramolecular Hbond substituents is 2. The Hall–Kier alpha value is -2.30. The number of ether oxygens (including phenoxy) is 1. The molecule has 132 valence electrons. The van der Waals surface area contributed by atoms with Crippen LogP contribution in [-0.4, -0.2) is 35.2 Å². The third-order valence-corrected chi connectivity index (χ3v) is 4.20. The summed E-state index contributed by atoms with van der Waals surface area (Å²) in [6.07, 6.45) is 10.6. The molecule has 0 unspecified atom stereocenters. The van der Waals surface area contributed by atoms with Gasteiger partial charge < -0.3 is 0 Å². The molecule has 1 aliphatic heterocycles. The van der Waals surface area contributed by atoms with Crippen molar-refractivity contribution in [3.63, 3.8) is 0 Å². The molecule has 1 heterocycles. The van der Waals surface area contributed by atoms with E-state index in [2.05, 4.69) is 13.6 Å². The van der Waals surface area contributed by atoms with Gasteiger partial charge in [0.05, 0.1) is 0 Å². The summed E-state index contributed by atoms with van der Waals surface area (Å²) in [5.41, 5.74) is 1.40. The molecule has 0 aromatic heterocycles. The molecule has 0 saturated carbocycles. The average molecular weight is 340 g/mol. The SMILES string of the molecule is B=C1/C=C/CC/C=C/C[C@@H](C(C)C)OC(=O)c2c(O)cc(O)cc2C1. The second-order valence-corrected chi connectivity index (χ2v) is 6.71. The van der Waals surface area contributed by atoms with E-state index < -0.39 is 5.97 Å². The van der Waals surface area contributed by atoms with Crippen molar-refractivity contribution in [3.05, 3.63) is 47.6 Å². The van der Waals surface area contributed by atoms with Crippen LogP contribution in [0.25, 0.3) is 0 Å². The molecular formula is C20H25BO4. The number of esters is 1. The number of carbonyl (C=O) groups excluding carboxylic acids is 1. The quantitative estimate of drug-likeness (QED) is 0.468. The number of allylic oxidation sites excluding steroid dienone is 3. The standard InChI is InChI=1S/C20H25BO4/c1-13(2)18-9-7-5-3-4-6-8-15(21)10-14-11-16(22)12-17(23)19(14)20(24)25-18/h5-8,11-13,18,21-23H,3-4,9-10H2,1-2H3/b7-5+,8-6+/t18-/m0/s1. The van der Waals surface area contributed by atoms with Crippen LogP contribution in [0.5, 0.6) is 11.5 Å². The minimum atomic E-state index is -0.576. The van der Waals surface area contributed by atoms with E-state index in [1.807, 2.05) is 32.1 Å². The van der Waals surface area contributed by atoms with Gasteiger partial charge in [0.2, 0.25) is 0 Å². The monoisotopic (exact) mass is 340 g/mol. The van der Waals surface area contributed by atoms with E-state index in [4.69, 9.17) is 4.74 Å². The number of fused-ring (bicyclic) bond motifs is 1. The van der Waals surface area contributed by atoms with Gasteiger partial charge in [-0.05, 0) is 0 Å². The molecule has 1 aromatic rings. The van der Waals surface area contributed by atoms with Gasteiger partial charge in [0.15, 0.2) is 0 Å². The number of phenols is 2. The first-order chi connectivity index (χ1) is 11.9. The van der Waals surface area contributed by atoms with Crippen LogP contribution in [0.15, 0.2) is 36.4 Å². The first-order valence-corrected chi connectivity index (χ1v) is 8.63. The molecule has 0 spiro atoms. The molecule has 1 aromatic carbocycles. The summed E-state index contributed by atoms with van der Waals surface area (Å²) in [6.45, 7) is 3.99. The van der Waals surface area contributed by atoms with Crippen LogP contribution in [0.3, 0.4) is 0 Å². The number of rotatable bonds is 1.